The number of hydrogen-bond donors (Lipinski definition) is 1. The van der Waals surface area contributed by atoms with Gasteiger partial charge >= 0.3 is 0 Å². The SMILES string of the molecule is c1csc(C2CCNc3ncnn32)c1. The quantitative estimate of drug-likeness (QED) is 0.773. The third-order valence-electron chi connectivity index (χ3n) is 2.44. The van der Waals surface area contributed by atoms with Crippen LogP contribution in [-0.4, -0.2) is 21.3 Å². The Morgan fingerprint density at radius 1 is 1.57 bits per heavy atom. The molecule has 72 valence electrons. The molecule has 1 unspecified atom stereocenters. The summed E-state index contributed by atoms with van der Waals surface area (Å²) in [5.74, 6) is 0.884. The fraction of sp³-hybridized carbons (Fsp3) is 0.333. The third kappa shape index (κ3) is 1.13. The molecule has 4 nitrogen and oxygen atoms in total. The first kappa shape index (κ1) is 7.99. The van der Waals surface area contributed by atoms with Gasteiger partial charge in [0.15, 0.2) is 0 Å². The maximum Gasteiger partial charge on any atom is 0.221 e. The molecule has 1 N–H and O–H groups in total. The second-order valence-corrected chi connectivity index (χ2v) is 4.25. The molecule has 0 radical (unpaired) electrons. The molecular weight excluding hydrogens is 196 g/mol. The van der Waals surface area contributed by atoms with Crippen LogP contribution in [0.15, 0.2) is 23.8 Å². The van der Waals surface area contributed by atoms with Gasteiger partial charge in [-0.3, -0.25) is 0 Å². The second-order valence-electron chi connectivity index (χ2n) is 3.27. The van der Waals surface area contributed by atoms with Gasteiger partial charge in [0.05, 0.1) is 6.04 Å². The molecule has 5 heteroatoms. The summed E-state index contributed by atoms with van der Waals surface area (Å²) in [5.41, 5.74) is 0. The zero-order chi connectivity index (χ0) is 9.38. The Kier molecular flexibility index (Phi) is 1.77. The van der Waals surface area contributed by atoms with Crippen molar-refractivity contribution >= 4 is 17.3 Å². The van der Waals surface area contributed by atoms with Gasteiger partial charge in [0, 0.05) is 11.4 Å². The maximum atomic E-state index is 4.24. The first-order valence-electron chi connectivity index (χ1n) is 4.62. The summed E-state index contributed by atoms with van der Waals surface area (Å²) in [7, 11) is 0. The second kappa shape index (κ2) is 3.09. The number of nitrogens with zero attached hydrogens (tertiary/aromatic N) is 3. The van der Waals surface area contributed by atoms with E-state index in [9.17, 15) is 0 Å². The fourth-order valence-electron chi connectivity index (χ4n) is 1.79. The van der Waals surface area contributed by atoms with Crippen molar-refractivity contribution in [2.24, 2.45) is 0 Å². The molecule has 14 heavy (non-hydrogen) atoms. The Labute approximate surface area is 85.6 Å². The lowest BCUT2D eigenvalue weighted by Crippen LogP contribution is -2.24. The van der Waals surface area contributed by atoms with Crippen molar-refractivity contribution in [2.45, 2.75) is 12.5 Å². The lowest BCUT2D eigenvalue weighted by Gasteiger charge is -2.23. The van der Waals surface area contributed by atoms with Gasteiger partial charge < -0.3 is 5.32 Å². The van der Waals surface area contributed by atoms with Crippen molar-refractivity contribution in [3.8, 4) is 0 Å². The van der Waals surface area contributed by atoms with Crippen LogP contribution >= 0.6 is 11.3 Å². The Balaban J connectivity index is 2.04. The highest BCUT2D eigenvalue weighted by Crippen LogP contribution is 2.30. The van der Waals surface area contributed by atoms with E-state index >= 15 is 0 Å². The van der Waals surface area contributed by atoms with Crippen molar-refractivity contribution in [2.75, 3.05) is 11.9 Å². The van der Waals surface area contributed by atoms with Crippen LogP contribution in [0, 0.1) is 0 Å². The van der Waals surface area contributed by atoms with E-state index in [0.717, 1.165) is 18.9 Å². The van der Waals surface area contributed by atoms with Gasteiger partial charge in [0.2, 0.25) is 5.95 Å². The van der Waals surface area contributed by atoms with Crippen LogP contribution in [0.3, 0.4) is 0 Å². The van der Waals surface area contributed by atoms with Gasteiger partial charge in [0.1, 0.15) is 6.33 Å². The number of fused-ring (bicyclic) bond motifs is 1. The summed E-state index contributed by atoms with van der Waals surface area (Å²) in [4.78, 5) is 5.52. The van der Waals surface area contributed by atoms with Crippen LogP contribution in [-0.2, 0) is 0 Å². The van der Waals surface area contributed by atoms with Crippen molar-refractivity contribution in [3.63, 3.8) is 0 Å². The van der Waals surface area contributed by atoms with Gasteiger partial charge in [-0.1, -0.05) is 6.07 Å². The van der Waals surface area contributed by atoms with Gasteiger partial charge in [-0.2, -0.15) is 10.1 Å². The number of hydrogen-bond acceptors (Lipinski definition) is 4. The van der Waals surface area contributed by atoms with Crippen molar-refractivity contribution in [3.05, 3.63) is 28.7 Å². The standard InChI is InChI=1S/C9H10N4S/c1-2-8(14-5-1)7-3-4-10-9-11-6-12-13(7)9/h1-2,5-7H,3-4H2,(H,10,11,12). The molecule has 3 heterocycles. The molecule has 0 saturated carbocycles. The van der Waals surface area contributed by atoms with Gasteiger partial charge in [-0.05, 0) is 17.9 Å². The summed E-state index contributed by atoms with van der Waals surface area (Å²) in [6.45, 7) is 0.973. The van der Waals surface area contributed by atoms with E-state index in [0.29, 0.717) is 6.04 Å². The van der Waals surface area contributed by atoms with Gasteiger partial charge in [-0.25, -0.2) is 4.68 Å². The summed E-state index contributed by atoms with van der Waals surface area (Å²) in [6.07, 6.45) is 2.69. The molecule has 2 aromatic rings. The minimum atomic E-state index is 0.369. The van der Waals surface area contributed by atoms with E-state index in [4.69, 9.17) is 0 Å². The van der Waals surface area contributed by atoms with Gasteiger partial charge in [-0.15, -0.1) is 11.3 Å². The molecule has 2 aromatic heterocycles. The molecule has 0 fully saturated rings. The number of rotatable bonds is 1. The molecule has 0 amide bonds. The fourth-order valence-corrected chi connectivity index (χ4v) is 2.64. The molecular formula is C9H10N4S. The van der Waals surface area contributed by atoms with E-state index in [2.05, 4.69) is 32.9 Å². The highest BCUT2D eigenvalue weighted by atomic mass is 32.1. The van der Waals surface area contributed by atoms with Crippen LogP contribution in [0.25, 0.3) is 0 Å². The Hall–Kier alpha value is -1.36. The largest absolute Gasteiger partial charge is 0.354 e. The van der Waals surface area contributed by atoms with Crippen LogP contribution in [0.4, 0.5) is 5.95 Å². The van der Waals surface area contributed by atoms with Gasteiger partial charge in [0.25, 0.3) is 0 Å². The molecule has 1 aliphatic heterocycles. The van der Waals surface area contributed by atoms with E-state index in [1.807, 2.05) is 4.68 Å². The van der Waals surface area contributed by atoms with E-state index in [-0.39, 0.29) is 0 Å². The molecule has 0 bridgehead atoms. The molecule has 0 aromatic carbocycles. The first-order chi connectivity index (χ1) is 6.95. The Morgan fingerprint density at radius 3 is 3.43 bits per heavy atom. The molecule has 1 atom stereocenters. The lowest BCUT2D eigenvalue weighted by molar-refractivity contribution is 0.487. The van der Waals surface area contributed by atoms with Crippen molar-refractivity contribution < 1.29 is 0 Å². The smallest absolute Gasteiger partial charge is 0.221 e. The third-order valence-corrected chi connectivity index (χ3v) is 3.41. The molecule has 1 aliphatic rings. The predicted molar refractivity (Wildman–Crippen MR) is 55.6 cm³/mol. The van der Waals surface area contributed by atoms with E-state index in [1.54, 1.807) is 17.7 Å². The monoisotopic (exact) mass is 206 g/mol. The van der Waals surface area contributed by atoms with Crippen LogP contribution in [0.2, 0.25) is 0 Å². The first-order valence-corrected chi connectivity index (χ1v) is 5.50. The minimum absolute atomic E-state index is 0.369. The normalized spacial score (nSPS) is 20.1. The highest BCUT2D eigenvalue weighted by Gasteiger charge is 2.22. The summed E-state index contributed by atoms with van der Waals surface area (Å²) in [6, 6.07) is 4.61. The van der Waals surface area contributed by atoms with Crippen LogP contribution in [0.5, 0.6) is 0 Å². The number of thiophene rings is 1. The Bertz CT molecular complexity index is 420. The molecule has 0 saturated heterocycles. The molecule has 3 rings (SSSR count). The number of nitrogens with one attached hydrogen (secondary N) is 1. The molecule has 0 aliphatic carbocycles. The van der Waals surface area contributed by atoms with Crippen molar-refractivity contribution in [1.29, 1.82) is 0 Å². The number of anilines is 1. The van der Waals surface area contributed by atoms with Crippen LogP contribution < -0.4 is 5.32 Å². The van der Waals surface area contributed by atoms with Crippen molar-refractivity contribution in [1.82, 2.24) is 14.8 Å². The van der Waals surface area contributed by atoms with E-state index in [1.165, 1.54) is 4.88 Å². The molecule has 0 spiro atoms. The highest BCUT2D eigenvalue weighted by molar-refractivity contribution is 7.10. The summed E-state index contributed by atoms with van der Waals surface area (Å²) < 4.78 is 1.97. The maximum absolute atomic E-state index is 4.24. The predicted octanol–water partition coefficient (Wildman–Crippen LogP) is 1.74. The average molecular weight is 206 g/mol. The lowest BCUT2D eigenvalue weighted by atomic mass is 10.1. The zero-order valence-corrected chi connectivity index (χ0v) is 8.37. The Morgan fingerprint density at radius 2 is 2.57 bits per heavy atom. The van der Waals surface area contributed by atoms with Crippen LogP contribution in [0.1, 0.15) is 17.3 Å². The zero-order valence-electron chi connectivity index (χ0n) is 7.55. The summed E-state index contributed by atoms with van der Waals surface area (Å²) in [5, 5.41) is 9.58. The number of aromatic nitrogens is 3. The minimum Gasteiger partial charge on any atom is -0.354 e. The average Bonchev–Trinajstić information content (AvgIpc) is 2.88. The topological polar surface area (TPSA) is 42.7 Å². The van der Waals surface area contributed by atoms with E-state index < -0.39 is 0 Å². The summed E-state index contributed by atoms with van der Waals surface area (Å²) >= 11 is 1.78.